The molecule has 0 spiro atoms. The van der Waals surface area contributed by atoms with Crippen LogP contribution in [0.1, 0.15) is 32.1 Å². The Morgan fingerprint density at radius 1 is 1.47 bits per heavy atom. The lowest BCUT2D eigenvalue weighted by atomic mass is 9.85. The molecule has 0 bridgehead atoms. The third-order valence-corrected chi connectivity index (χ3v) is 4.40. The minimum Gasteiger partial charge on any atom is -0.393 e. The Hall–Kier alpha value is -1.07. The Labute approximate surface area is 116 Å². The van der Waals surface area contributed by atoms with Crippen LogP contribution in [0.25, 0.3) is 0 Å². The number of hydrogen-bond donors (Lipinski definition) is 2. The van der Waals surface area contributed by atoms with E-state index in [1.165, 1.54) is 30.1 Å². The van der Waals surface area contributed by atoms with Crippen molar-refractivity contribution in [1.82, 2.24) is 9.78 Å². The van der Waals surface area contributed by atoms with Gasteiger partial charge in [-0.1, -0.05) is 18.0 Å². The zero-order chi connectivity index (χ0) is 13.4. The molecule has 2 saturated carbocycles. The van der Waals surface area contributed by atoms with Crippen molar-refractivity contribution in [2.75, 3.05) is 5.32 Å². The third-order valence-electron chi connectivity index (χ3n) is 4.12. The lowest BCUT2D eigenvalue weighted by Gasteiger charge is -2.33. The molecular formula is C13H18ClN3O2. The second-order valence-corrected chi connectivity index (χ2v) is 6.03. The zero-order valence-electron chi connectivity index (χ0n) is 10.7. The zero-order valence-corrected chi connectivity index (χ0v) is 11.4. The van der Waals surface area contributed by atoms with Crippen LogP contribution in [-0.2, 0) is 6.54 Å². The number of aliphatic hydroxyl groups is 1. The molecule has 3 rings (SSSR count). The summed E-state index contributed by atoms with van der Waals surface area (Å²) in [6.45, 7) is 0.679. The van der Waals surface area contributed by atoms with Gasteiger partial charge in [0.25, 0.3) is 5.56 Å². The summed E-state index contributed by atoms with van der Waals surface area (Å²) in [7, 11) is 0. The van der Waals surface area contributed by atoms with Crippen LogP contribution in [-0.4, -0.2) is 27.0 Å². The fourth-order valence-corrected chi connectivity index (χ4v) is 2.74. The molecule has 0 atom stereocenters. The second kappa shape index (κ2) is 5.13. The van der Waals surface area contributed by atoms with E-state index in [4.69, 9.17) is 11.6 Å². The highest BCUT2D eigenvalue weighted by Gasteiger charge is 2.28. The Morgan fingerprint density at radius 3 is 2.79 bits per heavy atom. The summed E-state index contributed by atoms with van der Waals surface area (Å²) >= 11 is 6.05. The van der Waals surface area contributed by atoms with Gasteiger partial charge in [0.1, 0.15) is 5.69 Å². The first-order chi connectivity index (χ1) is 9.13. The number of halogens is 1. The van der Waals surface area contributed by atoms with E-state index in [9.17, 15) is 9.90 Å². The highest BCUT2D eigenvalue weighted by atomic mass is 35.5. The normalized spacial score (nSPS) is 26.6. The number of nitrogens with one attached hydrogen (secondary N) is 1. The first kappa shape index (κ1) is 12.9. The van der Waals surface area contributed by atoms with Gasteiger partial charge in [0.2, 0.25) is 0 Å². The van der Waals surface area contributed by atoms with E-state index in [2.05, 4.69) is 10.4 Å². The number of aliphatic hydroxyl groups excluding tert-OH is 1. The number of rotatable bonds is 4. The Balaban J connectivity index is 1.77. The van der Waals surface area contributed by atoms with Crippen LogP contribution >= 0.6 is 11.6 Å². The van der Waals surface area contributed by atoms with Crippen molar-refractivity contribution >= 4 is 17.3 Å². The van der Waals surface area contributed by atoms with Crippen LogP contribution in [0.4, 0.5) is 5.69 Å². The minimum absolute atomic E-state index is 0.139. The highest BCUT2D eigenvalue weighted by Crippen LogP contribution is 2.28. The lowest BCUT2D eigenvalue weighted by molar-refractivity contribution is 0.0836. The molecule has 1 heterocycles. The largest absolute Gasteiger partial charge is 0.393 e. The average Bonchev–Trinajstić information content (AvgIpc) is 2.28. The molecule has 2 N–H and O–H groups in total. The van der Waals surface area contributed by atoms with Gasteiger partial charge in [-0.2, -0.15) is 5.10 Å². The summed E-state index contributed by atoms with van der Waals surface area (Å²) in [6, 6.07) is 0.139. The fourth-order valence-electron chi connectivity index (χ4n) is 2.56. The molecule has 0 unspecified atom stereocenters. The Bertz CT molecular complexity index is 521. The number of anilines is 1. The van der Waals surface area contributed by atoms with Crippen molar-refractivity contribution in [1.29, 1.82) is 0 Å². The van der Waals surface area contributed by atoms with Gasteiger partial charge in [0.05, 0.1) is 17.3 Å². The van der Waals surface area contributed by atoms with Crippen LogP contribution < -0.4 is 10.9 Å². The standard InChI is InChI=1S/C13H18ClN3O2/c14-11-6-15-17(7-8-2-1-3-8)13(19)12(11)16-9-4-10(18)5-9/h6,8-10,16,18H,1-5,7H2. The molecule has 0 amide bonds. The third kappa shape index (κ3) is 2.62. The molecular weight excluding hydrogens is 266 g/mol. The molecule has 0 aliphatic heterocycles. The van der Waals surface area contributed by atoms with Gasteiger partial charge in [0.15, 0.2) is 0 Å². The monoisotopic (exact) mass is 283 g/mol. The van der Waals surface area contributed by atoms with Crippen molar-refractivity contribution in [3.8, 4) is 0 Å². The van der Waals surface area contributed by atoms with Gasteiger partial charge in [-0.05, 0) is 31.6 Å². The van der Waals surface area contributed by atoms with E-state index >= 15 is 0 Å². The van der Waals surface area contributed by atoms with E-state index in [0.717, 1.165) is 0 Å². The topological polar surface area (TPSA) is 67.2 Å². The average molecular weight is 284 g/mol. The molecule has 2 aliphatic carbocycles. The summed E-state index contributed by atoms with van der Waals surface area (Å²) in [5.74, 6) is 0.574. The minimum atomic E-state index is -0.254. The molecule has 104 valence electrons. The first-order valence-corrected chi connectivity index (χ1v) is 7.21. The fraction of sp³-hybridized carbons (Fsp3) is 0.692. The summed E-state index contributed by atoms with van der Waals surface area (Å²) in [5, 5.41) is 16.9. The maximum Gasteiger partial charge on any atom is 0.291 e. The van der Waals surface area contributed by atoms with Crippen LogP contribution in [0.3, 0.4) is 0 Å². The number of nitrogens with zero attached hydrogens (tertiary/aromatic N) is 2. The predicted molar refractivity (Wildman–Crippen MR) is 73.5 cm³/mol. The summed E-state index contributed by atoms with van der Waals surface area (Å²) in [6.07, 6.45) is 6.21. The number of aromatic nitrogens is 2. The molecule has 6 heteroatoms. The van der Waals surface area contributed by atoms with Crippen molar-refractivity contribution in [3.63, 3.8) is 0 Å². The van der Waals surface area contributed by atoms with Crippen LogP contribution in [0.2, 0.25) is 5.02 Å². The maximum atomic E-state index is 12.3. The second-order valence-electron chi connectivity index (χ2n) is 5.62. The molecule has 2 fully saturated rings. The smallest absolute Gasteiger partial charge is 0.291 e. The molecule has 0 aromatic carbocycles. The maximum absolute atomic E-state index is 12.3. The van der Waals surface area contributed by atoms with Crippen molar-refractivity contribution < 1.29 is 5.11 Å². The van der Waals surface area contributed by atoms with Crippen LogP contribution in [0.5, 0.6) is 0 Å². The molecule has 0 radical (unpaired) electrons. The van der Waals surface area contributed by atoms with Gasteiger partial charge in [-0.3, -0.25) is 4.79 Å². The number of hydrogen-bond acceptors (Lipinski definition) is 4. The van der Waals surface area contributed by atoms with Crippen molar-refractivity contribution in [2.45, 2.75) is 50.8 Å². The molecule has 1 aromatic heterocycles. The summed E-state index contributed by atoms with van der Waals surface area (Å²) in [4.78, 5) is 12.3. The lowest BCUT2D eigenvalue weighted by Crippen LogP contribution is -2.41. The van der Waals surface area contributed by atoms with Gasteiger partial charge in [-0.15, -0.1) is 0 Å². The predicted octanol–water partition coefficient (Wildman–Crippen LogP) is 1.63. The van der Waals surface area contributed by atoms with Crippen LogP contribution in [0.15, 0.2) is 11.0 Å². The van der Waals surface area contributed by atoms with E-state index in [-0.39, 0.29) is 17.7 Å². The van der Waals surface area contributed by atoms with E-state index in [0.29, 0.717) is 36.0 Å². The molecule has 1 aromatic rings. The SMILES string of the molecule is O=c1c(NC2CC(O)C2)c(Cl)cnn1CC1CCC1. The van der Waals surface area contributed by atoms with Gasteiger partial charge < -0.3 is 10.4 Å². The van der Waals surface area contributed by atoms with Gasteiger partial charge >= 0.3 is 0 Å². The Kier molecular flexibility index (Phi) is 3.50. The summed E-state index contributed by atoms with van der Waals surface area (Å²) < 4.78 is 1.51. The summed E-state index contributed by atoms with van der Waals surface area (Å²) in [5.41, 5.74) is 0.272. The molecule has 5 nitrogen and oxygen atoms in total. The van der Waals surface area contributed by atoms with E-state index in [1.807, 2.05) is 0 Å². The van der Waals surface area contributed by atoms with Crippen molar-refractivity contribution in [3.05, 3.63) is 21.6 Å². The quantitative estimate of drug-likeness (QED) is 0.881. The molecule has 19 heavy (non-hydrogen) atoms. The van der Waals surface area contributed by atoms with Crippen LogP contribution in [0, 0.1) is 5.92 Å². The first-order valence-electron chi connectivity index (χ1n) is 6.83. The van der Waals surface area contributed by atoms with Crippen molar-refractivity contribution in [2.24, 2.45) is 5.92 Å². The van der Waals surface area contributed by atoms with Gasteiger partial charge in [0, 0.05) is 12.6 Å². The van der Waals surface area contributed by atoms with E-state index in [1.54, 1.807) is 0 Å². The molecule has 2 aliphatic rings. The Morgan fingerprint density at radius 2 is 2.21 bits per heavy atom. The van der Waals surface area contributed by atoms with Gasteiger partial charge in [-0.25, -0.2) is 4.68 Å². The van der Waals surface area contributed by atoms with E-state index < -0.39 is 0 Å². The highest BCUT2D eigenvalue weighted by molar-refractivity contribution is 6.33. The molecule has 0 saturated heterocycles.